The molecule has 2 aliphatic heterocycles. The number of likely N-dealkylation sites (tertiary alicyclic amines) is 1. The molecule has 1 saturated carbocycles. The Bertz CT molecular complexity index is 1260. The number of ether oxygens (including phenoxy) is 4. The average Bonchev–Trinajstić information content (AvgIpc) is 3.11. The van der Waals surface area contributed by atoms with E-state index in [4.69, 9.17) is 18.9 Å². The zero-order chi connectivity index (χ0) is 37.2. The van der Waals surface area contributed by atoms with Crippen molar-refractivity contribution < 1.29 is 58.2 Å². The van der Waals surface area contributed by atoms with Crippen molar-refractivity contribution in [1.29, 1.82) is 0 Å². The Morgan fingerprint density at radius 1 is 1.04 bits per heavy atom. The molecule has 13 heteroatoms. The van der Waals surface area contributed by atoms with E-state index in [1.165, 1.54) is 20.1 Å². The van der Waals surface area contributed by atoms with Gasteiger partial charge in [-0.15, -0.1) is 0 Å². The molecule has 0 radical (unpaired) electrons. The molecule has 2 heterocycles. The first-order valence-electron chi connectivity index (χ1n) is 17.9. The number of carbonyl (C=O) groups is 5. The zero-order valence-electron chi connectivity index (χ0n) is 30.4. The molecule has 10 atom stereocenters. The third-order valence-corrected chi connectivity index (χ3v) is 10.9. The summed E-state index contributed by atoms with van der Waals surface area (Å²) in [4.78, 5) is 66.6. The second kappa shape index (κ2) is 19.0. The lowest BCUT2D eigenvalue weighted by atomic mass is 9.78. The maximum absolute atomic E-state index is 13.9. The Hall–Kier alpha value is -2.97. The summed E-state index contributed by atoms with van der Waals surface area (Å²) >= 11 is 0. The van der Waals surface area contributed by atoms with E-state index < -0.39 is 65.6 Å². The lowest BCUT2D eigenvalue weighted by Gasteiger charge is -2.42. The van der Waals surface area contributed by atoms with E-state index in [1.54, 1.807) is 21.0 Å². The van der Waals surface area contributed by atoms with Crippen molar-refractivity contribution in [3.05, 3.63) is 23.5 Å². The van der Waals surface area contributed by atoms with Crippen LogP contribution in [0.3, 0.4) is 0 Å². The fourth-order valence-corrected chi connectivity index (χ4v) is 7.47. The fourth-order valence-electron chi connectivity index (χ4n) is 7.47. The van der Waals surface area contributed by atoms with E-state index in [1.807, 2.05) is 6.92 Å². The molecule has 0 aromatic rings. The SMILES string of the molecule is CO[C@@H](C[C@@H]1CC[C@@H](C)[C@](O)(C(=O)C(=O)N2CCCC[C@H]2C(=O)O[C@@H](CC(=O)/C(C)=C\O)[C@H](C)CC2CC[C@@H](O)[C@H](OC)C2)O1)/C(C)=C/C=O. The number of amides is 1. The lowest BCUT2D eigenvalue weighted by molar-refractivity contribution is -0.265. The van der Waals surface area contributed by atoms with E-state index in [0.29, 0.717) is 63.1 Å². The maximum atomic E-state index is 13.9. The van der Waals surface area contributed by atoms with Crippen LogP contribution < -0.4 is 0 Å². The number of Topliss-reactive ketones (excluding diaryl/α,β-unsaturated/α-hetero) is 2. The minimum atomic E-state index is -2.43. The van der Waals surface area contributed by atoms with Crippen LogP contribution in [0.4, 0.5) is 0 Å². The number of hydrogen-bond donors (Lipinski definition) is 3. The summed E-state index contributed by atoms with van der Waals surface area (Å²) in [5, 5.41) is 31.3. The van der Waals surface area contributed by atoms with Crippen molar-refractivity contribution in [1.82, 2.24) is 4.90 Å². The zero-order valence-corrected chi connectivity index (χ0v) is 30.4. The first kappa shape index (κ1) is 41.5. The van der Waals surface area contributed by atoms with Gasteiger partial charge in [0, 0.05) is 45.1 Å². The van der Waals surface area contributed by atoms with Crippen LogP contribution in [0.2, 0.25) is 0 Å². The van der Waals surface area contributed by atoms with Gasteiger partial charge in [-0.05, 0) is 95.1 Å². The summed E-state index contributed by atoms with van der Waals surface area (Å²) in [5.74, 6) is -6.65. The largest absolute Gasteiger partial charge is 0.515 e. The molecule has 3 fully saturated rings. The number of ketones is 2. The van der Waals surface area contributed by atoms with Crippen LogP contribution in [-0.4, -0.2) is 113 Å². The molecule has 13 nitrogen and oxygen atoms in total. The van der Waals surface area contributed by atoms with Gasteiger partial charge in [0.25, 0.3) is 11.7 Å². The van der Waals surface area contributed by atoms with Crippen molar-refractivity contribution in [3.63, 3.8) is 0 Å². The summed E-state index contributed by atoms with van der Waals surface area (Å²) in [6.07, 6.45) is 4.66. The molecular formula is C37H57NO12. The highest BCUT2D eigenvalue weighted by Gasteiger charge is 2.53. The van der Waals surface area contributed by atoms with Gasteiger partial charge in [0.1, 0.15) is 18.4 Å². The Morgan fingerprint density at radius 3 is 2.40 bits per heavy atom. The molecule has 0 spiro atoms. The number of carbonyl (C=O) groups excluding carboxylic acids is 5. The highest BCUT2D eigenvalue weighted by molar-refractivity contribution is 6.39. The molecule has 282 valence electrons. The monoisotopic (exact) mass is 707 g/mol. The molecule has 2 saturated heterocycles. The second-order valence-electron chi connectivity index (χ2n) is 14.4. The number of aliphatic hydroxyl groups excluding tert-OH is 2. The molecule has 1 amide bonds. The number of nitrogens with zero attached hydrogens (tertiary/aromatic N) is 1. The highest BCUT2D eigenvalue weighted by Crippen LogP contribution is 2.37. The third-order valence-electron chi connectivity index (χ3n) is 10.9. The predicted octanol–water partition coefficient (Wildman–Crippen LogP) is 3.53. The van der Waals surface area contributed by atoms with Gasteiger partial charge in [0.05, 0.1) is 30.7 Å². The standard InChI is InChI=1S/C37H57NO12/c1-22(14-16-39)31(47-5)19-27-12-10-25(4)37(46,50-27)34(43)35(44)38-15-8-7-9-28(38)36(45)49-32(20-30(42)24(3)21-40)23(2)17-26-11-13-29(41)33(18-26)48-6/h14,16,21,23,25-29,31-33,40-41,46H,7-13,15,17-20H2,1-6H3/b22-14+,24-21-/t23-,25-,26?,27+,28+,29-,31+,32+,33-,37-/m1/s1. The smallest absolute Gasteiger partial charge is 0.329 e. The van der Waals surface area contributed by atoms with Crippen LogP contribution in [0.25, 0.3) is 0 Å². The van der Waals surface area contributed by atoms with Crippen LogP contribution in [0, 0.1) is 17.8 Å². The van der Waals surface area contributed by atoms with E-state index in [-0.39, 0.29) is 49.3 Å². The van der Waals surface area contributed by atoms with Gasteiger partial charge in [-0.1, -0.05) is 13.8 Å². The quantitative estimate of drug-likeness (QED) is 0.0698. The van der Waals surface area contributed by atoms with Gasteiger partial charge in [-0.3, -0.25) is 19.2 Å². The van der Waals surface area contributed by atoms with Crippen molar-refractivity contribution in [2.75, 3.05) is 20.8 Å². The second-order valence-corrected chi connectivity index (χ2v) is 14.4. The summed E-state index contributed by atoms with van der Waals surface area (Å²) in [6.45, 7) is 6.79. The Balaban J connectivity index is 1.78. The maximum Gasteiger partial charge on any atom is 0.329 e. The fraction of sp³-hybridized carbons (Fsp3) is 0.757. The van der Waals surface area contributed by atoms with Crippen molar-refractivity contribution >= 4 is 29.7 Å². The highest BCUT2D eigenvalue weighted by atomic mass is 16.6. The topological polar surface area (TPSA) is 186 Å². The summed E-state index contributed by atoms with van der Waals surface area (Å²) < 4.78 is 22.9. The van der Waals surface area contributed by atoms with Crippen molar-refractivity contribution in [3.8, 4) is 0 Å². The van der Waals surface area contributed by atoms with Crippen LogP contribution in [-0.2, 0) is 42.9 Å². The van der Waals surface area contributed by atoms with E-state index in [9.17, 15) is 39.3 Å². The van der Waals surface area contributed by atoms with E-state index >= 15 is 0 Å². The lowest BCUT2D eigenvalue weighted by Crippen LogP contribution is -2.61. The normalized spacial score (nSPS) is 31.3. The molecule has 1 aliphatic carbocycles. The number of aldehydes is 1. The van der Waals surface area contributed by atoms with Crippen LogP contribution in [0.15, 0.2) is 23.5 Å². The number of esters is 1. The number of hydrogen-bond acceptors (Lipinski definition) is 12. The number of rotatable bonds is 16. The Kier molecular flexibility index (Phi) is 15.8. The number of allylic oxidation sites excluding steroid dienone is 2. The molecule has 3 aliphatic rings. The molecule has 0 bridgehead atoms. The van der Waals surface area contributed by atoms with Gasteiger partial charge >= 0.3 is 5.97 Å². The summed E-state index contributed by atoms with van der Waals surface area (Å²) in [5.41, 5.74) is 0.761. The molecule has 0 aromatic heterocycles. The average molecular weight is 708 g/mol. The van der Waals surface area contributed by atoms with E-state index in [0.717, 1.165) is 11.3 Å². The van der Waals surface area contributed by atoms with Gasteiger partial charge in [-0.25, -0.2) is 4.79 Å². The molecule has 50 heavy (non-hydrogen) atoms. The molecule has 1 unspecified atom stereocenters. The summed E-state index contributed by atoms with van der Waals surface area (Å²) in [7, 11) is 3.04. The third kappa shape index (κ3) is 10.3. The molecule has 3 rings (SSSR count). The predicted molar refractivity (Wildman–Crippen MR) is 182 cm³/mol. The Labute approximate surface area is 295 Å². The number of piperidine rings is 1. The van der Waals surface area contributed by atoms with Gasteiger partial charge in [0.15, 0.2) is 5.78 Å². The van der Waals surface area contributed by atoms with Crippen LogP contribution in [0.1, 0.15) is 98.3 Å². The molecule has 3 N–H and O–H groups in total. The van der Waals surface area contributed by atoms with Gasteiger partial charge < -0.3 is 39.2 Å². The van der Waals surface area contributed by atoms with Crippen molar-refractivity contribution in [2.24, 2.45) is 17.8 Å². The number of methoxy groups -OCH3 is 2. The first-order valence-corrected chi connectivity index (χ1v) is 17.9. The number of aliphatic hydroxyl groups is 3. The van der Waals surface area contributed by atoms with Gasteiger partial charge in [-0.2, -0.15) is 0 Å². The summed E-state index contributed by atoms with van der Waals surface area (Å²) in [6, 6.07) is -1.12. The molecule has 0 aromatic carbocycles. The van der Waals surface area contributed by atoms with E-state index in [2.05, 4.69) is 0 Å². The van der Waals surface area contributed by atoms with Crippen LogP contribution in [0.5, 0.6) is 0 Å². The van der Waals surface area contributed by atoms with Gasteiger partial charge in [0.2, 0.25) is 5.79 Å². The van der Waals surface area contributed by atoms with Crippen LogP contribution >= 0.6 is 0 Å². The first-order chi connectivity index (χ1) is 23.7. The minimum absolute atomic E-state index is 0.0912. The van der Waals surface area contributed by atoms with Crippen molar-refractivity contribution in [2.45, 2.75) is 141 Å². The minimum Gasteiger partial charge on any atom is -0.515 e. The Morgan fingerprint density at radius 2 is 1.76 bits per heavy atom. The molecular weight excluding hydrogens is 650 g/mol.